The van der Waals surface area contributed by atoms with Crippen LogP contribution in [0.1, 0.15) is 24.2 Å². The number of fused-ring (bicyclic) bond motifs is 1. The molecule has 0 N–H and O–H groups in total. The maximum absolute atomic E-state index is 13.6. The Hall–Kier alpha value is -3.50. The standard InChI is InChI=1S/C28H26N2O2/c1-19-17-30(18-20(2)32-19)28(31)25-16-27(29-26-11-7-6-10-24(25)26)23-14-12-22(13-15-23)21-8-4-3-5-9-21/h3-16,19-20H,17-18H2,1-2H3/t19-,20+. The lowest BCUT2D eigenvalue weighted by atomic mass is 10.00. The zero-order chi connectivity index (χ0) is 22.1. The van der Waals surface area contributed by atoms with Crippen LogP contribution in [0.15, 0.2) is 84.9 Å². The van der Waals surface area contributed by atoms with Crippen LogP contribution >= 0.6 is 0 Å². The van der Waals surface area contributed by atoms with Gasteiger partial charge in [-0.15, -0.1) is 0 Å². The molecule has 0 saturated carbocycles. The summed E-state index contributed by atoms with van der Waals surface area (Å²) in [6, 6.07) is 28.5. The first-order valence-electron chi connectivity index (χ1n) is 11.1. The molecule has 1 amide bonds. The number of hydrogen-bond donors (Lipinski definition) is 0. The number of ether oxygens (including phenoxy) is 1. The molecule has 0 unspecified atom stereocenters. The summed E-state index contributed by atoms with van der Waals surface area (Å²) in [5.41, 5.74) is 5.66. The highest BCUT2D eigenvalue weighted by Crippen LogP contribution is 2.28. The van der Waals surface area contributed by atoms with Gasteiger partial charge in [0.05, 0.1) is 29.0 Å². The first kappa shape index (κ1) is 20.4. The summed E-state index contributed by atoms with van der Waals surface area (Å²) in [7, 11) is 0. The van der Waals surface area contributed by atoms with Crippen LogP contribution in [-0.2, 0) is 4.74 Å². The molecule has 2 heterocycles. The molecule has 0 radical (unpaired) electrons. The molecule has 1 aromatic heterocycles. The lowest BCUT2D eigenvalue weighted by Crippen LogP contribution is -2.48. The van der Waals surface area contributed by atoms with E-state index in [1.54, 1.807) is 0 Å². The third-order valence-corrected chi connectivity index (χ3v) is 5.94. The predicted molar refractivity (Wildman–Crippen MR) is 129 cm³/mol. The normalized spacial score (nSPS) is 18.6. The summed E-state index contributed by atoms with van der Waals surface area (Å²) in [6.45, 7) is 5.22. The highest BCUT2D eigenvalue weighted by atomic mass is 16.5. The van der Waals surface area contributed by atoms with Crippen LogP contribution in [0.5, 0.6) is 0 Å². The van der Waals surface area contributed by atoms with Crippen molar-refractivity contribution in [3.8, 4) is 22.4 Å². The first-order valence-corrected chi connectivity index (χ1v) is 11.1. The molecule has 3 aromatic carbocycles. The number of nitrogens with zero attached hydrogens (tertiary/aromatic N) is 2. The molecule has 1 fully saturated rings. The van der Waals surface area contributed by atoms with Gasteiger partial charge in [-0.1, -0.05) is 72.8 Å². The first-order chi connectivity index (χ1) is 15.6. The van der Waals surface area contributed by atoms with E-state index in [1.165, 1.54) is 5.56 Å². The average molecular weight is 423 g/mol. The van der Waals surface area contributed by atoms with Crippen LogP contribution in [0.4, 0.5) is 0 Å². The molecular formula is C28H26N2O2. The Kier molecular flexibility index (Phi) is 5.46. The van der Waals surface area contributed by atoms with Crippen LogP contribution in [0.2, 0.25) is 0 Å². The Balaban J connectivity index is 1.54. The molecule has 1 aliphatic heterocycles. The molecule has 1 aliphatic rings. The SMILES string of the molecule is C[C@@H]1CN(C(=O)c2cc(-c3ccc(-c4ccccc4)cc3)nc3ccccc23)C[C@H](C)O1. The van der Waals surface area contributed by atoms with Gasteiger partial charge in [0.2, 0.25) is 0 Å². The van der Waals surface area contributed by atoms with Gasteiger partial charge in [0.1, 0.15) is 0 Å². The Morgan fingerprint density at radius 3 is 2.12 bits per heavy atom. The molecular weight excluding hydrogens is 396 g/mol. The van der Waals surface area contributed by atoms with Crippen molar-refractivity contribution in [1.82, 2.24) is 9.88 Å². The van der Waals surface area contributed by atoms with E-state index in [2.05, 4.69) is 36.4 Å². The number of carbonyl (C=O) groups is 1. The van der Waals surface area contributed by atoms with Crippen molar-refractivity contribution in [3.63, 3.8) is 0 Å². The van der Waals surface area contributed by atoms with Crippen molar-refractivity contribution in [2.24, 2.45) is 0 Å². The molecule has 5 rings (SSSR count). The maximum Gasteiger partial charge on any atom is 0.254 e. The fraction of sp³-hybridized carbons (Fsp3) is 0.214. The second-order valence-electron chi connectivity index (χ2n) is 8.48. The van der Waals surface area contributed by atoms with E-state index in [4.69, 9.17) is 9.72 Å². The predicted octanol–water partition coefficient (Wildman–Crippen LogP) is 5.82. The molecule has 0 aliphatic carbocycles. The second kappa shape index (κ2) is 8.56. The zero-order valence-corrected chi connectivity index (χ0v) is 18.4. The van der Waals surface area contributed by atoms with Gasteiger partial charge in [0, 0.05) is 24.0 Å². The monoisotopic (exact) mass is 422 g/mol. The van der Waals surface area contributed by atoms with E-state index < -0.39 is 0 Å². The molecule has 0 bridgehead atoms. The molecule has 32 heavy (non-hydrogen) atoms. The Morgan fingerprint density at radius 2 is 1.41 bits per heavy atom. The van der Waals surface area contributed by atoms with Gasteiger partial charge in [-0.05, 0) is 37.1 Å². The summed E-state index contributed by atoms with van der Waals surface area (Å²) in [5.74, 6) is 0.0350. The number of morpholine rings is 1. The quantitative estimate of drug-likeness (QED) is 0.418. The lowest BCUT2D eigenvalue weighted by molar-refractivity contribution is -0.0585. The summed E-state index contributed by atoms with van der Waals surface area (Å²) in [4.78, 5) is 20.3. The zero-order valence-electron chi connectivity index (χ0n) is 18.4. The number of benzene rings is 3. The van der Waals surface area contributed by atoms with Crippen molar-refractivity contribution < 1.29 is 9.53 Å². The summed E-state index contributed by atoms with van der Waals surface area (Å²) in [5, 5.41) is 0.883. The lowest BCUT2D eigenvalue weighted by Gasteiger charge is -2.35. The molecule has 160 valence electrons. The van der Waals surface area contributed by atoms with Gasteiger partial charge >= 0.3 is 0 Å². The van der Waals surface area contributed by atoms with Crippen LogP contribution < -0.4 is 0 Å². The second-order valence-corrected chi connectivity index (χ2v) is 8.48. The smallest absolute Gasteiger partial charge is 0.254 e. The minimum Gasteiger partial charge on any atom is -0.372 e. The molecule has 4 nitrogen and oxygen atoms in total. The number of para-hydroxylation sites is 1. The van der Waals surface area contributed by atoms with Gasteiger partial charge in [-0.25, -0.2) is 4.98 Å². The van der Waals surface area contributed by atoms with Crippen LogP contribution in [0.3, 0.4) is 0 Å². The van der Waals surface area contributed by atoms with Crippen molar-refractivity contribution in [2.75, 3.05) is 13.1 Å². The average Bonchev–Trinajstić information content (AvgIpc) is 2.83. The van der Waals surface area contributed by atoms with E-state index in [0.29, 0.717) is 18.7 Å². The number of amides is 1. The fourth-order valence-corrected chi connectivity index (χ4v) is 4.48. The number of carbonyl (C=O) groups excluding carboxylic acids is 1. The highest BCUT2D eigenvalue weighted by molar-refractivity contribution is 6.07. The van der Waals surface area contributed by atoms with Gasteiger partial charge < -0.3 is 9.64 Å². The Labute approximate surface area is 188 Å². The maximum atomic E-state index is 13.6. The van der Waals surface area contributed by atoms with Crippen molar-refractivity contribution >= 4 is 16.8 Å². The molecule has 0 spiro atoms. The van der Waals surface area contributed by atoms with Gasteiger partial charge in [0.25, 0.3) is 5.91 Å². The Morgan fingerprint density at radius 1 is 0.812 bits per heavy atom. The number of aromatic nitrogens is 1. The van der Waals surface area contributed by atoms with E-state index in [1.807, 2.05) is 67.3 Å². The highest BCUT2D eigenvalue weighted by Gasteiger charge is 2.28. The topological polar surface area (TPSA) is 42.4 Å². The van der Waals surface area contributed by atoms with Crippen molar-refractivity contribution in [1.29, 1.82) is 0 Å². The van der Waals surface area contributed by atoms with E-state index >= 15 is 0 Å². The fourth-order valence-electron chi connectivity index (χ4n) is 4.48. The largest absolute Gasteiger partial charge is 0.372 e. The number of pyridine rings is 1. The third-order valence-electron chi connectivity index (χ3n) is 5.94. The van der Waals surface area contributed by atoms with E-state index in [9.17, 15) is 4.79 Å². The summed E-state index contributed by atoms with van der Waals surface area (Å²) < 4.78 is 5.82. The Bertz CT molecular complexity index is 1240. The molecule has 4 heteroatoms. The van der Waals surface area contributed by atoms with Crippen LogP contribution in [-0.4, -0.2) is 41.1 Å². The van der Waals surface area contributed by atoms with Crippen molar-refractivity contribution in [3.05, 3.63) is 90.5 Å². The number of rotatable bonds is 3. The minimum atomic E-state index is 0.0285. The van der Waals surface area contributed by atoms with E-state index in [-0.39, 0.29) is 18.1 Å². The minimum absolute atomic E-state index is 0.0285. The van der Waals surface area contributed by atoms with Crippen LogP contribution in [0, 0.1) is 0 Å². The van der Waals surface area contributed by atoms with E-state index in [0.717, 1.165) is 27.7 Å². The molecule has 4 aromatic rings. The molecule has 2 atom stereocenters. The van der Waals surface area contributed by atoms with Gasteiger partial charge in [0.15, 0.2) is 0 Å². The van der Waals surface area contributed by atoms with Crippen molar-refractivity contribution in [2.45, 2.75) is 26.1 Å². The van der Waals surface area contributed by atoms with Gasteiger partial charge in [-0.2, -0.15) is 0 Å². The summed E-state index contributed by atoms with van der Waals surface area (Å²) in [6.07, 6.45) is 0.0570. The summed E-state index contributed by atoms with van der Waals surface area (Å²) >= 11 is 0. The van der Waals surface area contributed by atoms with Gasteiger partial charge in [-0.3, -0.25) is 4.79 Å². The molecule has 1 saturated heterocycles. The number of hydrogen-bond acceptors (Lipinski definition) is 3. The van der Waals surface area contributed by atoms with Crippen LogP contribution in [0.25, 0.3) is 33.3 Å². The third kappa shape index (κ3) is 4.02.